The highest BCUT2D eigenvalue weighted by Gasteiger charge is 2.21. The molecule has 0 atom stereocenters. The minimum Gasteiger partial charge on any atom is -0.357 e. The molecule has 2 aromatic heterocycles. The zero-order valence-electron chi connectivity index (χ0n) is 17.8. The number of aliphatic imine (C=N–C) groups is 1. The average molecular weight is 532 g/mol. The molecule has 4 rings (SSSR count). The molecule has 0 saturated carbocycles. The zero-order chi connectivity index (χ0) is 20.6. The molecule has 0 unspecified atom stereocenters. The number of piperazine rings is 1. The van der Waals surface area contributed by atoms with E-state index in [2.05, 4.69) is 61.4 Å². The van der Waals surface area contributed by atoms with E-state index >= 15 is 0 Å². The smallest absolute Gasteiger partial charge is 0.225 e. The van der Waals surface area contributed by atoms with E-state index in [4.69, 9.17) is 4.99 Å². The lowest BCUT2D eigenvalue weighted by molar-refractivity contribution is 0.370. The van der Waals surface area contributed by atoms with Crippen molar-refractivity contribution < 1.29 is 0 Å². The third kappa shape index (κ3) is 6.16. The Morgan fingerprint density at radius 2 is 1.71 bits per heavy atom. The van der Waals surface area contributed by atoms with Crippen LogP contribution < -0.4 is 10.2 Å². The summed E-state index contributed by atoms with van der Waals surface area (Å²) < 4.78 is 1.94. The van der Waals surface area contributed by atoms with E-state index in [1.165, 1.54) is 11.1 Å². The number of halogens is 1. The van der Waals surface area contributed by atoms with Crippen molar-refractivity contribution in [3.63, 3.8) is 0 Å². The molecule has 3 heterocycles. The standard InChI is InChI=1S/C22H28N8.HI/c1-2-23-21(28-13-15-29(16-14-28)22-24-9-5-10-25-22)26-17-19-7-3-4-8-20(19)18-30-12-6-11-27-30;/h3-12H,2,13-18H2,1H3,(H,23,26);1H. The summed E-state index contributed by atoms with van der Waals surface area (Å²) in [5.41, 5.74) is 2.46. The van der Waals surface area contributed by atoms with Crippen LogP contribution in [0, 0.1) is 0 Å². The summed E-state index contributed by atoms with van der Waals surface area (Å²) in [6, 6.07) is 12.2. The molecule has 1 N–H and O–H groups in total. The van der Waals surface area contributed by atoms with Gasteiger partial charge in [0.15, 0.2) is 5.96 Å². The van der Waals surface area contributed by atoms with Crippen LogP contribution >= 0.6 is 24.0 Å². The Balaban J connectivity index is 0.00000272. The number of guanidine groups is 1. The van der Waals surface area contributed by atoms with Crippen LogP contribution in [-0.4, -0.2) is 63.3 Å². The molecule has 1 aliphatic heterocycles. The lowest BCUT2D eigenvalue weighted by Crippen LogP contribution is -2.53. The summed E-state index contributed by atoms with van der Waals surface area (Å²) in [6.07, 6.45) is 7.38. The first-order valence-corrected chi connectivity index (χ1v) is 10.4. The Bertz CT molecular complexity index is 937. The van der Waals surface area contributed by atoms with E-state index in [0.717, 1.165) is 51.2 Å². The predicted molar refractivity (Wildman–Crippen MR) is 134 cm³/mol. The third-order valence-electron chi connectivity index (χ3n) is 5.16. The maximum atomic E-state index is 4.95. The summed E-state index contributed by atoms with van der Waals surface area (Å²) in [6.45, 7) is 7.88. The van der Waals surface area contributed by atoms with Crippen LogP contribution in [0.5, 0.6) is 0 Å². The number of rotatable bonds is 6. The zero-order valence-corrected chi connectivity index (χ0v) is 20.1. The summed E-state index contributed by atoms with van der Waals surface area (Å²) in [7, 11) is 0. The maximum Gasteiger partial charge on any atom is 0.225 e. The van der Waals surface area contributed by atoms with Gasteiger partial charge in [0.25, 0.3) is 0 Å². The number of aromatic nitrogens is 4. The second-order valence-corrected chi connectivity index (χ2v) is 7.17. The Labute approximate surface area is 200 Å². The molecule has 8 nitrogen and oxygen atoms in total. The van der Waals surface area contributed by atoms with Crippen LogP contribution in [0.1, 0.15) is 18.1 Å². The van der Waals surface area contributed by atoms with Gasteiger partial charge >= 0.3 is 0 Å². The van der Waals surface area contributed by atoms with Gasteiger partial charge in [-0.15, -0.1) is 24.0 Å². The molecule has 164 valence electrons. The van der Waals surface area contributed by atoms with E-state index in [-0.39, 0.29) is 24.0 Å². The minimum atomic E-state index is 0. The first kappa shape index (κ1) is 23.0. The summed E-state index contributed by atoms with van der Waals surface area (Å²) in [5.74, 6) is 1.76. The molecule has 1 aliphatic rings. The molecule has 9 heteroatoms. The number of nitrogens with one attached hydrogen (secondary N) is 1. The van der Waals surface area contributed by atoms with Gasteiger partial charge in [0, 0.05) is 57.5 Å². The molecule has 31 heavy (non-hydrogen) atoms. The van der Waals surface area contributed by atoms with E-state index < -0.39 is 0 Å². The molecule has 1 aromatic carbocycles. The summed E-state index contributed by atoms with van der Waals surface area (Å²) in [5, 5.41) is 7.78. The molecule has 1 saturated heterocycles. The second-order valence-electron chi connectivity index (χ2n) is 7.17. The van der Waals surface area contributed by atoms with Gasteiger partial charge < -0.3 is 15.1 Å². The Kier molecular flexibility index (Phi) is 8.63. The van der Waals surface area contributed by atoms with Crippen LogP contribution in [0.4, 0.5) is 5.95 Å². The fraction of sp³-hybridized carbons (Fsp3) is 0.364. The molecule has 3 aromatic rings. The largest absolute Gasteiger partial charge is 0.357 e. The Hall–Kier alpha value is -2.69. The molecule has 0 spiro atoms. The molecule has 0 radical (unpaired) electrons. The van der Waals surface area contributed by atoms with Gasteiger partial charge in [-0.05, 0) is 30.2 Å². The SMILES string of the molecule is CCNC(=NCc1ccccc1Cn1cccn1)N1CCN(c2ncccn2)CC1.I. The van der Waals surface area contributed by atoms with E-state index in [0.29, 0.717) is 6.54 Å². The molecule has 0 amide bonds. The van der Waals surface area contributed by atoms with Crippen LogP contribution in [-0.2, 0) is 13.1 Å². The summed E-state index contributed by atoms with van der Waals surface area (Å²) in [4.78, 5) is 18.2. The number of hydrogen-bond donors (Lipinski definition) is 1. The highest BCUT2D eigenvalue weighted by molar-refractivity contribution is 14.0. The van der Waals surface area contributed by atoms with Crippen molar-refractivity contribution in [2.45, 2.75) is 20.0 Å². The van der Waals surface area contributed by atoms with Gasteiger partial charge in [0.05, 0.1) is 13.1 Å². The van der Waals surface area contributed by atoms with Gasteiger partial charge in [0.1, 0.15) is 0 Å². The summed E-state index contributed by atoms with van der Waals surface area (Å²) >= 11 is 0. The van der Waals surface area contributed by atoms with Crippen molar-refractivity contribution in [2.24, 2.45) is 4.99 Å². The van der Waals surface area contributed by atoms with Gasteiger partial charge in [0.2, 0.25) is 5.95 Å². The molecule has 0 aliphatic carbocycles. The van der Waals surface area contributed by atoms with Crippen LogP contribution in [0.15, 0.2) is 66.2 Å². The van der Waals surface area contributed by atoms with Crippen molar-refractivity contribution in [3.8, 4) is 0 Å². The monoisotopic (exact) mass is 532 g/mol. The van der Waals surface area contributed by atoms with Gasteiger partial charge in [-0.1, -0.05) is 24.3 Å². The van der Waals surface area contributed by atoms with Crippen LogP contribution in [0.2, 0.25) is 0 Å². The molecular weight excluding hydrogens is 503 g/mol. The first-order chi connectivity index (χ1) is 14.8. The molecule has 1 fully saturated rings. The quantitative estimate of drug-likeness (QED) is 0.299. The maximum absolute atomic E-state index is 4.95. The number of hydrogen-bond acceptors (Lipinski definition) is 5. The fourth-order valence-electron chi connectivity index (χ4n) is 3.59. The van der Waals surface area contributed by atoms with Crippen molar-refractivity contribution in [1.82, 2.24) is 30.0 Å². The number of anilines is 1. The molecule has 0 bridgehead atoms. The third-order valence-corrected chi connectivity index (χ3v) is 5.16. The van der Waals surface area contributed by atoms with E-state index in [1.54, 1.807) is 12.4 Å². The average Bonchev–Trinajstić information content (AvgIpc) is 3.31. The van der Waals surface area contributed by atoms with Gasteiger partial charge in [-0.25, -0.2) is 15.0 Å². The predicted octanol–water partition coefficient (Wildman–Crippen LogP) is 2.63. The van der Waals surface area contributed by atoms with Crippen LogP contribution in [0.25, 0.3) is 0 Å². The normalized spacial score (nSPS) is 14.3. The van der Waals surface area contributed by atoms with Crippen molar-refractivity contribution in [2.75, 3.05) is 37.6 Å². The fourth-order valence-corrected chi connectivity index (χ4v) is 3.59. The lowest BCUT2D eigenvalue weighted by atomic mass is 10.1. The van der Waals surface area contributed by atoms with Gasteiger partial charge in [-0.3, -0.25) is 4.68 Å². The lowest BCUT2D eigenvalue weighted by Gasteiger charge is -2.36. The second kappa shape index (κ2) is 11.6. The van der Waals surface area contributed by atoms with E-state index in [1.807, 2.05) is 29.2 Å². The van der Waals surface area contributed by atoms with Crippen molar-refractivity contribution in [3.05, 3.63) is 72.3 Å². The van der Waals surface area contributed by atoms with Crippen LogP contribution in [0.3, 0.4) is 0 Å². The van der Waals surface area contributed by atoms with E-state index in [9.17, 15) is 0 Å². The van der Waals surface area contributed by atoms with Crippen molar-refractivity contribution in [1.29, 1.82) is 0 Å². The molecular formula is C22H29IN8. The minimum absolute atomic E-state index is 0. The Morgan fingerprint density at radius 3 is 2.39 bits per heavy atom. The van der Waals surface area contributed by atoms with Crippen molar-refractivity contribution >= 4 is 35.9 Å². The van der Waals surface area contributed by atoms with Gasteiger partial charge in [-0.2, -0.15) is 5.10 Å². The number of benzene rings is 1. The highest BCUT2D eigenvalue weighted by atomic mass is 127. The first-order valence-electron chi connectivity index (χ1n) is 10.4. The highest BCUT2D eigenvalue weighted by Crippen LogP contribution is 2.13. The topological polar surface area (TPSA) is 74.5 Å². The Morgan fingerprint density at radius 1 is 0.968 bits per heavy atom. The number of nitrogens with zero attached hydrogens (tertiary/aromatic N) is 7.